The van der Waals surface area contributed by atoms with Crippen molar-refractivity contribution in [1.29, 1.82) is 0 Å². The molecule has 2 nitrogen and oxygen atoms in total. The Labute approximate surface area is 115 Å². The second-order valence-electron chi connectivity index (χ2n) is 5.08. The Morgan fingerprint density at radius 2 is 1.90 bits per heavy atom. The number of aryl methyl sites for hydroxylation is 1. The van der Waals surface area contributed by atoms with Gasteiger partial charge in [0.15, 0.2) is 6.10 Å². The standard InChI is InChI=1S/C14H17F4NO/c1-9-8-11(15)2-3-12(9)20-13(14(16,17)18)10-4-6-19-7-5-10/h2-3,8,10,13,19H,4-7H2,1H3. The van der Waals surface area contributed by atoms with E-state index in [2.05, 4.69) is 5.32 Å². The van der Waals surface area contributed by atoms with Crippen molar-refractivity contribution in [3.8, 4) is 5.75 Å². The van der Waals surface area contributed by atoms with Crippen molar-refractivity contribution >= 4 is 0 Å². The van der Waals surface area contributed by atoms with Crippen molar-refractivity contribution in [2.24, 2.45) is 5.92 Å². The summed E-state index contributed by atoms with van der Waals surface area (Å²) in [5.74, 6) is -0.965. The third-order valence-corrected chi connectivity index (χ3v) is 3.53. The lowest BCUT2D eigenvalue weighted by molar-refractivity contribution is -0.212. The molecule has 1 fully saturated rings. The van der Waals surface area contributed by atoms with Gasteiger partial charge in [-0.2, -0.15) is 13.2 Å². The Bertz CT molecular complexity index is 455. The van der Waals surface area contributed by atoms with Gasteiger partial charge in [-0.05, 0) is 56.6 Å². The van der Waals surface area contributed by atoms with Gasteiger partial charge in [-0.25, -0.2) is 4.39 Å². The second kappa shape index (κ2) is 5.99. The van der Waals surface area contributed by atoms with Gasteiger partial charge < -0.3 is 10.1 Å². The summed E-state index contributed by atoms with van der Waals surface area (Å²) in [5, 5.41) is 3.03. The minimum atomic E-state index is -4.43. The summed E-state index contributed by atoms with van der Waals surface area (Å²) in [5.41, 5.74) is 0.369. The molecule has 0 aromatic heterocycles. The van der Waals surface area contributed by atoms with Gasteiger partial charge in [-0.1, -0.05) is 0 Å². The minimum Gasteiger partial charge on any atom is -0.480 e. The monoisotopic (exact) mass is 291 g/mol. The van der Waals surface area contributed by atoms with Crippen LogP contribution in [-0.2, 0) is 0 Å². The number of hydrogen-bond acceptors (Lipinski definition) is 2. The first-order valence-corrected chi connectivity index (χ1v) is 6.58. The molecule has 112 valence electrons. The fraction of sp³-hybridized carbons (Fsp3) is 0.571. The minimum absolute atomic E-state index is 0.0901. The molecule has 1 saturated heterocycles. The van der Waals surface area contributed by atoms with Crippen molar-refractivity contribution in [3.63, 3.8) is 0 Å². The van der Waals surface area contributed by atoms with E-state index in [9.17, 15) is 17.6 Å². The van der Waals surface area contributed by atoms with Gasteiger partial charge in [-0.3, -0.25) is 0 Å². The van der Waals surface area contributed by atoms with E-state index in [0.717, 1.165) is 6.07 Å². The van der Waals surface area contributed by atoms with Crippen LogP contribution in [0.25, 0.3) is 0 Å². The lowest BCUT2D eigenvalue weighted by atomic mass is 9.91. The van der Waals surface area contributed by atoms with Crippen molar-refractivity contribution in [2.45, 2.75) is 32.0 Å². The van der Waals surface area contributed by atoms with Crippen LogP contribution in [0.2, 0.25) is 0 Å². The molecule has 1 N–H and O–H groups in total. The van der Waals surface area contributed by atoms with Crippen LogP contribution in [0.3, 0.4) is 0 Å². The third-order valence-electron chi connectivity index (χ3n) is 3.53. The van der Waals surface area contributed by atoms with Crippen LogP contribution in [0.1, 0.15) is 18.4 Å². The van der Waals surface area contributed by atoms with Gasteiger partial charge in [0.25, 0.3) is 0 Å². The Balaban J connectivity index is 2.19. The summed E-state index contributed by atoms with van der Waals surface area (Å²) in [6.45, 7) is 2.65. The molecule has 0 amide bonds. The maximum absolute atomic E-state index is 13.2. The lowest BCUT2D eigenvalue weighted by Gasteiger charge is -2.32. The number of rotatable bonds is 3. The molecule has 1 aliphatic heterocycles. The molecule has 0 aliphatic carbocycles. The first-order valence-electron chi connectivity index (χ1n) is 6.58. The van der Waals surface area contributed by atoms with Gasteiger partial charge in [0.1, 0.15) is 11.6 Å². The van der Waals surface area contributed by atoms with Crippen LogP contribution in [0.5, 0.6) is 5.75 Å². The van der Waals surface area contributed by atoms with Crippen LogP contribution in [0.4, 0.5) is 17.6 Å². The summed E-state index contributed by atoms with van der Waals surface area (Å²) in [6.07, 6.45) is -5.42. The van der Waals surface area contributed by atoms with E-state index < -0.39 is 24.0 Å². The molecule has 1 atom stereocenters. The highest BCUT2D eigenvalue weighted by Crippen LogP contribution is 2.34. The molecule has 0 bridgehead atoms. The molecule has 1 aromatic rings. The number of nitrogens with one attached hydrogen (secondary N) is 1. The molecule has 2 rings (SSSR count). The summed E-state index contributed by atoms with van der Waals surface area (Å²) < 4.78 is 57.7. The van der Waals surface area contributed by atoms with Crippen molar-refractivity contribution < 1.29 is 22.3 Å². The van der Waals surface area contributed by atoms with Crippen LogP contribution in [-0.4, -0.2) is 25.4 Å². The van der Waals surface area contributed by atoms with E-state index in [1.165, 1.54) is 19.1 Å². The average Bonchev–Trinajstić information content (AvgIpc) is 2.37. The number of piperidine rings is 1. The van der Waals surface area contributed by atoms with E-state index in [-0.39, 0.29) is 5.75 Å². The Morgan fingerprint density at radius 3 is 2.45 bits per heavy atom. The first kappa shape index (κ1) is 15.1. The first-order chi connectivity index (χ1) is 9.38. The zero-order valence-corrected chi connectivity index (χ0v) is 11.1. The van der Waals surface area contributed by atoms with Crippen LogP contribution in [0.15, 0.2) is 18.2 Å². The summed E-state index contributed by atoms with van der Waals surface area (Å²) in [6, 6.07) is 3.54. The average molecular weight is 291 g/mol. The maximum Gasteiger partial charge on any atom is 0.425 e. The molecule has 20 heavy (non-hydrogen) atoms. The quantitative estimate of drug-likeness (QED) is 0.861. The molecular weight excluding hydrogens is 274 g/mol. The summed E-state index contributed by atoms with van der Waals surface area (Å²) >= 11 is 0. The van der Waals surface area contributed by atoms with E-state index in [0.29, 0.717) is 31.5 Å². The van der Waals surface area contributed by atoms with Gasteiger partial charge >= 0.3 is 6.18 Å². The molecule has 0 spiro atoms. The van der Waals surface area contributed by atoms with Gasteiger partial charge in [0.05, 0.1) is 0 Å². The van der Waals surface area contributed by atoms with E-state index in [1.54, 1.807) is 0 Å². The van der Waals surface area contributed by atoms with Gasteiger partial charge in [0, 0.05) is 5.92 Å². The largest absolute Gasteiger partial charge is 0.480 e. The van der Waals surface area contributed by atoms with Crippen LogP contribution >= 0.6 is 0 Å². The predicted molar refractivity (Wildman–Crippen MR) is 67.2 cm³/mol. The maximum atomic E-state index is 13.2. The van der Waals surface area contributed by atoms with Gasteiger partial charge in [-0.15, -0.1) is 0 Å². The fourth-order valence-corrected chi connectivity index (χ4v) is 2.46. The topological polar surface area (TPSA) is 21.3 Å². The predicted octanol–water partition coefficient (Wildman–Crippen LogP) is 3.44. The number of hydrogen-bond donors (Lipinski definition) is 1. The summed E-state index contributed by atoms with van der Waals surface area (Å²) in [4.78, 5) is 0. The Morgan fingerprint density at radius 1 is 1.25 bits per heavy atom. The fourth-order valence-electron chi connectivity index (χ4n) is 2.46. The third kappa shape index (κ3) is 3.62. The number of alkyl halides is 3. The molecular formula is C14H17F4NO. The molecule has 1 unspecified atom stereocenters. The van der Waals surface area contributed by atoms with E-state index in [4.69, 9.17) is 4.74 Å². The molecule has 1 heterocycles. The van der Waals surface area contributed by atoms with Crippen molar-refractivity contribution in [3.05, 3.63) is 29.6 Å². The van der Waals surface area contributed by atoms with Crippen molar-refractivity contribution in [2.75, 3.05) is 13.1 Å². The van der Waals surface area contributed by atoms with E-state index in [1.807, 2.05) is 0 Å². The van der Waals surface area contributed by atoms with Crippen LogP contribution in [0, 0.1) is 18.7 Å². The lowest BCUT2D eigenvalue weighted by Crippen LogP contribution is -2.45. The van der Waals surface area contributed by atoms with Crippen molar-refractivity contribution in [1.82, 2.24) is 5.32 Å². The summed E-state index contributed by atoms with van der Waals surface area (Å²) in [7, 11) is 0. The highest BCUT2D eigenvalue weighted by atomic mass is 19.4. The number of benzene rings is 1. The smallest absolute Gasteiger partial charge is 0.425 e. The van der Waals surface area contributed by atoms with E-state index >= 15 is 0 Å². The number of halogens is 4. The van der Waals surface area contributed by atoms with Gasteiger partial charge in [0.2, 0.25) is 0 Å². The highest BCUT2D eigenvalue weighted by molar-refractivity contribution is 5.33. The Kier molecular flexibility index (Phi) is 4.52. The molecule has 0 radical (unpaired) electrons. The normalized spacial score (nSPS) is 18.9. The highest BCUT2D eigenvalue weighted by Gasteiger charge is 2.47. The van der Waals surface area contributed by atoms with Crippen LogP contribution < -0.4 is 10.1 Å². The zero-order chi connectivity index (χ0) is 14.8. The SMILES string of the molecule is Cc1cc(F)ccc1OC(C1CCNCC1)C(F)(F)F. The number of ether oxygens (including phenoxy) is 1. The molecule has 0 saturated carbocycles. The molecule has 6 heteroatoms. The second-order valence-corrected chi connectivity index (χ2v) is 5.08. The molecule has 1 aromatic carbocycles. The zero-order valence-electron chi connectivity index (χ0n) is 11.1. The molecule has 1 aliphatic rings. The Hall–Kier alpha value is -1.30.